The van der Waals surface area contributed by atoms with Gasteiger partial charge < -0.3 is 9.47 Å². The number of aromatic nitrogens is 1. The summed E-state index contributed by atoms with van der Waals surface area (Å²) in [4.78, 5) is 7.51. The molecule has 1 aliphatic rings. The Balaban J connectivity index is 0.00000341. The highest BCUT2D eigenvalue weighted by atomic mass is 35.5. The Hall–Kier alpha value is -1.14. The zero-order valence-corrected chi connectivity index (χ0v) is 22.2. The van der Waals surface area contributed by atoms with Gasteiger partial charge in [-0.15, -0.1) is 23.7 Å². The predicted molar refractivity (Wildman–Crippen MR) is 134 cm³/mol. The summed E-state index contributed by atoms with van der Waals surface area (Å²) in [6.45, 7) is 15.1. The van der Waals surface area contributed by atoms with Crippen LogP contribution in [0.1, 0.15) is 70.5 Å². The molecule has 3 rings (SSSR count). The van der Waals surface area contributed by atoms with E-state index in [1.807, 2.05) is 0 Å². The molecule has 0 saturated carbocycles. The molecule has 1 saturated heterocycles. The summed E-state index contributed by atoms with van der Waals surface area (Å²) < 4.78 is 11.6. The minimum absolute atomic E-state index is 0. The van der Waals surface area contributed by atoms with Crippen LogP contribution in [0.2, 0.25) is 0 Å². The number of methoxy groups -OCH3 is 1. The standard InChI is InChI=1S/C25H38N2O2S.ClH/c1-23(2,3)18-14-17(15-19(21(18)28-9)24(4,5)6)20-16-30-22(26-20)25(27(7)8)10-12-29-13-11-25;/h14-16H,10-13H2,1-9H3;1H. The van der Waals surface area contributed by atoms with E-state index in [9.17, 15) is 0 Å². The van der Waals surface area contributed by atoms with Crippen molar-refractivity contribution in [2.75, 3.05) is 34.4 Å². The van der Waals surface area contributed by atoms with E-state index in [0.717, 1.165) is 37.5 Å². The van der Waals surface area contributed by atoms with Gasteiger partial charge in [0.1, 0.15) is 10.8 Å². The topological polar surface area (TPSA) is 34.6 Å². The molecule has 1 aromatic carbocycles. The lowest BCUT2D eigenvalue weighted by molar-refractivity contribution is -0.0106. The Morgan fingerprint density at radius 2 is 1.52 bits per heavy atom. The molecule has 2 heterocycles. The van der Waals surface area contributed by atoms with Crippen molar-refractivity contribution in [3.05, 3.63) is 33.6 Å². The second-order valence-corrected chi connectivity index (χ2v) is 11.5. The maximum atomic E-state index is 5.93. The average Bonchev–Trinajstić information content (AvgIpc) is 3.16. The van der Waals surface area contributed by atoms with E-state index in [-0.39, 0.29) is 28.8 Å². The molecular formula is C25H39ClN2O2S. The lowest BCUT2D eigenvalue weighted by Crippen LogP contribution is -2.45. The summed E-state index contributed by atoms with van der Waals surface area (Å²) in [5.41, 5.74) is 4.62. The number of halogens is 1. The summed E-state index contributed by atoms with van der Waals surface area (Å²) in [5, 5.41) is 3.41. The Kier molecular flexibility index (Phi) is 7.90. The highest BCUT2D eigenvalue weighted by molar-refractivity contribution is 7.10. The van der Waals surface area contributed by atoms with Gasteiger partial charge in [-0.3, -0.25) is 4.90 Å². The summed E-state index contributed by atoms with van der Waals surface area (Å²) in [6.07, 6.45) is 1.96. The third-order valence-electron chi connectivity index (χ3n) is 6.28. The second kappa shape index (κ2) is 9.38. The van der Waals surface area contributed by atoms with Gasteiger partial charge >= 0.3 is 0 Å². The van der Waals surface area contributed by atoms with E-state index in [2.05, 4.69) is 78.1 Å². The summed E-state index contributed by atoms with van der Waals surface area (Å²) in [7, 11) is 6.11. The van der Waals surface area contributed by atoms with Crippen LogP contribution in [-0.4, -0.2) is 44.3 Å². The molecule has 4 nitrogen and oxygen atoms in total. The first-order chi connectivity index (χ1) is 13.9. The Morgan fingerprint density at radius 3 is 1.94 bits per heavy atom. The predicted octanol–water partition coefficient (Wildman–Crippen LogP) is 6.40. The smallest absolute Gasteiger partial charge is 0.126 e. The molecule has 1 aromatic heterocycles. The monoisotopic (exact) mass is 466 g/mol. The van der Waals surface area contributed by atoms with Gasteiger partial charge in [-0.1, -0.05) is 41.5 Å². The van der Waals surface area contributed by atoms with Crippen molar-refractivity contribution >= 4 is 23.7 Å². The average molecular weight is 467 g/mol. The molecule has 0 unspecified atom stereocenters. The van der Waals surface area contributed by atoms with Gasteiger partial charge in [0, 0.05) is 35.3 Å². The van der Waals surface area contributed by atoms with Crippen molar-refractivity contribution < 1.29 is 9.47 Å². The fraction of sp³-hybridized carbons (Fsp3) is 0.640. The van der Waals surface area contributed by atoms with Gasteiger partial charge in [0.2, 0.25) is 0 Å². The number of nitrogens with zero attached hydrogens (tertiary/aromatic N) is 2. The van der Waals surface area contributed by atoms with Crippen LogP contribution in [-0.2, 0) is 21.1 Å². The molecule has 0 atom stereocenters. The zero-order valence-electron chi connectivity index (χ0n) is 20.6. The Morgan fingerprint density at radius 1 is 1.00 bits per heavy atom. The van der Waals surface area contributed by atoms with Gasteiger partial charge in [0.05, 0.1) is 18.3 Å². The van der Waals surface area contributed by atoms with E-state index in [1.54, 1.807) is 18.4 Å². The van der Waals surface area contributed by atoms with Gasteiger partial charge in [0.25, 0.3) is 0 Å². The molecule has 0 radical (unpaired) electrons. The highest BCUT2D eigenvalue weighted by Crippen LogP contribution is 2.44. The third kappa shape index (κ3) is 5.11. The van der Waals surface area contributed by atoms with E-state index >= 15 is 0 Å². The lowest BCUT2D eigenvalue weighted by Gasteiger charge is -2.41. The van der Waals surface area contributed by atoms with Crippen LogP contribution in [0.15, 0.2) is 17.5 Å². The molecule has 2 aromatic rings. The number of benzene rings is 1. The van der Waals surface area contributed by atoms with Crippen molar-refractivity contribution in [2.45, 2.75) is 70.8 Å². The quantitative estimate of drug-likeness (QED) is 0.521. The molecule has 31 heavy (non-hydrogen) atoms. The van der Waals surface area contributed by atoms with Gasteiger partial charge in [-0.2, -0.15) is 0 Å². The van der Waals surface area contributed by atoms with Gasteiger partial charge in [-0.05, 0) is 49.9 Å². The number of ether oxygens (including phenoxy) is 2. The molecule has 0 bridgehead atoms. The van der Waals surface area contributed by atoms with Crippen molar-refractivity contribution in [3.63, 3.8) is 0 Å². The molecular weight excluding hydrogens is 428 g/mol. The second-order valence-electron chi connectivity index (χ2n) is 10.7. The first-order valence-electron chi connectivity index (χ1n) is 10.8. The largest absolute Gasteiger partial charge is 0.496 e. The zero-order chi connectivity index (χ0) is 22.3. The van der Waals surface area contributed by atoms with E-state index in [1.165, 1.54) is 21.7 Å². The van der Waals surface area contributed by atoms with Crippen molar-refractivity contribution in [1.82, 2.24) is 9.88 Å². The lowest BCUT2D eigenvalue weighted by atomic mass is 9.78. The molecule has 0 aliphatic carbocycles. The molecule has 1 aliphatic heterocycles. The molecule has 0 amide bonds. The van der Waals surface area contributed by atoms with Crippen LogP contribution in [0.5, 0.6) is 5.75 Å². The molecule has 0 spiro atoms. The maximum Gasteiger partial charge on any atom is 0.126 e. The fourth-order valence-corrected chi connectivity index (χ4v) is 5.46. The van der Waals surface area contributed by atoms with E-state index in [4.69, 9.17) is 14.5 Å². The van der Waals surface area contributed by atoms with Crippen molar-refractivity contribution in [2.24, 2.45) is 0 Å². The molecule has 174 valence electrons. The van der Waals surface area contributed by atoms with Gasteiger partial charge in [0.15, 0.2) is 0 Å². The number of rotatable bonds is 4. The minimum Gasteiger partial charge on any atom is -0.496 e. The van der Waals surface area contributed by atoms with Crippen molar-refractivity contribution in [1.29, 1.82) is 0 Å². The Bertz CT molecular complexity index is 853. The number of hydrogen-bond acceptors (Lipinski definition) is 5. The number of thiazole rings is 1. The molecule has 1 fully saturated rings. The number of hydrogen-bond donors (Lipinski definition) is 0. The normalized spacial score (nSPS) is 16.8. The maximum absolute atomic E-state index is 5.93. The minimum atomic E-state index is -0.0344. The van der Waals surface area contributed by atoms with Crippen LogP contribution in [0.3, 0.4) is 0 Å². The van der Waals surface area contributed by atoms with Crippen LogP contribution in [0.25, 0.3) is 11.3 Å². The summed E-state index contributed by atoms with van der Waals surface area (Å²) in [5.74, 6) is 1.00. The molecule has 6 heteroatoms. The van der Waals surface area contributed by atoms with Crippen LogP contribution < -0.4 is 4.74 Å². The van der Waals surface area contributed by atoms with E-state index < -0.39 is 0 Å². The summed E-state index contributed by atoms with van der Waals surface area (Å²) in [6, 6.07) is 4.55. The van der Waals surface area contributed by atoms with Gasteiger partial charge in [-0.25, -0.2) is 4.98 Å². The fourth-order valence-electron chi connectivity index (χ4n) is 4.29. The van der Waals surface area contributed by atoms with E-state index in [0.29, 0.717) is 0 Å². The van der Waals surface area contributed by atoms with Crippen molar-refractivity contribution in [3.8, 4) is 17.0 Å². The SMILES string of the molecule is COc1c(C(C)(C)C)cc(-c2csc(C3(N(C)C)CCOCC3)n2)cc1C(C)(C)C.Cl. The third-order valence-corrected chi connectivity index (χ3v) is 7.32. The highest BCUT2D eigenvalue weighted by Gasteiger charge is 2.39. The van der Waals surface area contributed by atoms with Crippen LogP contribution in [0, 0.1) is 0 Å². The van der Waals surface area contributed by atoms with Crippen LogP contribution >= 0.6 is 23.7 Å². The summed E-state index contributed by atoms with van der Waals surface area (Å²) >= 11 is 1.78. The first kappa shape index (κ1) is 26.1. The first-order valence-corrected chi connectivity index (χ1v) is 11.7. The molecule has 0 N–H and O–H groups in total. The Labute approximate surface area is 198 Å². The van der Waals surface area contributed by atoms with Crippen LogP contribution in [0.4, 0.5) is 0 Å².